The summed E-state index contributed by atoms with van der Waals surface area (Å²) in [7, 11) is 3.65. The maximum atomic E-state index is 10.7. The largest absolute Gasteiger partial charge is 0.478 e. The van der Waals surface area contributed by atoms with Crippen molar-refractivity contribution >= 4 is 17.7 Å². The summed E-state index contributed by atoms with van der Waals surface area (Å²) in [4.78, 5) is 12.7. The van der Waals surface area contributed by atoms with E-state index in [9.17, 15) is 4.79 Å². The Morgan fingerprint density at radius 3 is 2.79 bits per heavy atom. The van der Waals surface area contributed by atoms with Crippen LogP contribution in [0.4, 0.5) is 5.69 Å². The van der Waals surface area contributed by atoms with Crippen LogP contribution in [0.1, 0.15) is 18.1 Å². The molecule has 0 bridgehead atoms. The number of hydrogen-bond donors (Lipinski definition) is 1. The van der Waals surface area contributed by atoms with Gasteiger partial charge in [-0.3, -0.25) is 0 Å². The highest BCUT2D eigenvalue weighted by atomic mass is 16.5. The van der Waals surface area contributed by atoms with Crippen molar-refractivity contribution < 1.29 is 14.6 Å². The molecule has 0 aromatic heterocycles. The highest BCUT2D eigenvalue weighted by molar-refractivity contribution is 5.87. The summed E-state index contributed by atoms with van der Waals surface area (Å²) in [5.74, 6) is -0.944. The summed E-state index contributed by atoms with van der Waals surface area (Å²) < 4.78 is 5.15. The molecule has 0 fully saturated rings. The Labute approximate surface area is 114 Å². The van der Waals surface area contributed by atoms with Crippen molar-refractivity contribution in [2.75, 3.05) is 25.7 Å². The Balaban J connectivity index is 3.08. The minimum Gasteiger partial charge on any atom is -0.478 e. The van der Waals surface area contributed by atoms with Gasteiger partial charge < -0.3 is 14.7 Å². The van der Waals surface area contributed by atoms with Gasteiger partial charge in [0.05, 0.1) is 6.61 Å². The van der Waals surface area contributed by atoms with E-state index in [1.807, 2.05) is 32.2 Å². The molecule has 0 spiro atoms. The van der Waals surface area contributed by atoms with Crippen molar-refractivity contribution in [3.63, 3.8) is 0 Å². The van der Waals surface area contributed by atoms with E-state index in [1.54, 1.807) is 13.2 Å². The fourth-order valence-corrected chi connectivity index (χ4v) is 1.88. The van der Waals surface area contributed by atoms with Crippen LogP contribution in [0.15, 0.2) is 24.3 Å². The number of anilines is 1. The third kappa shape index (κ3) is 4.41. The van der Waals surface area contributed by atoms with E-state index < -0.39 is 5.97 Å². The lowest BCUT2D eigenvalue weighted by Crippen LogP contribution is -2.33. The summed E-state index contributed by atoms with van der Waals surface area (Å²) >= 11 is 0. The van der Waals surface area contributed by atoms with Gasteiger partial charge >= 0.3 is 5.97 Å². The zero-order chi connectivity index (χ0) is 14.4. The first kappa shape index (κ1) is 15.2. The number of hydrogen-bond acceptors (Lipinski definition) is 3. The third-order valence-electron chi connectivity index (χ3n) is 3.04. The maximum absolute atomic E-state index is 10.7. The molecule has 1 atom stereocenters. The molecular formula is C15H21NO3. The van der Waals surface area contributed by atoms with E-state index in [4.69, 9.17) is 9.84 Å². The Morgan fingerprint density at radius 1 is 1.53 bits per heavy atom. The van der Waals surface area contributed by atoms with Crippen LogP contribution in [0.2, 0.25) is 0 Å². The molecule has 4 heteroatoms. The van der Waals surface area contributed by atoms with Crippen LogP contribution in [0.3, 0.4) is 0 Å². The number of nitrogens with zero attached hydrogens (tertiary/aromatic N) is 1. The normalized spacial score (nSPS) is 12.6. The quantitative estimate of drug-likeness (QED) is 0.801. The topological polar surface area (TPSA) is 49.8 Å². The maximum Gasteiger partial charge on any atom is 0.328 e. The SMILES string of the molecule is COCC(C)N(C)c1ccc(C)cc1/C=C/C(=O)O. The Bertz CT molecular complexity index is 468. The average Bonchev–Trinajstić information content (AvgIpc) is 2.36. The van der Waals surface area contributed by atoms with Crippen molar-refractivity contribution in [1.29, 1.82) is 0 Å². The molecule has 0 radical (unpaired) electrons. The summed E-state index contributed by atoms with van der Waals surface area (Å²) in [6, 6.07) is 6.21. The van der Waals surface area contributed by atoms with Gasteiger partial charge in [-0.25, -0.2) is 4.79 Å². The van der Waals surface area contributed by atoms with E-state index in [0.717, 1.165) is 22.9 Å². The number of methoxy groups -OCH3 is 1. The lowest BCUT2D eigenvalue weighted by atomic mass is 10.1. The highest BCUT2D eigenvalue weighted by Crippen LogP contribution is 2.24. The lowest BCUT2D eigenvalue weighted by molar-refractivity contribution is -0.131. The van der Waals surface area contributed by atoms with Crippen LogP contribution in [-0.4, -0.2) is 37.9 Å². The Kier molecular flexibility index (Phi) is 5.57. The molecule has 0 amide bonds. The van der Waals surface area contributed by atoms with Crippen LogP contribution in [0.5, 0.6) is 0 Å². The molecule has 0 saturated carbocycles. The smallest absolute Gasteiger partial charge is 0.328 e. The van der Waals surface area contributed by atoms with E-state index in [0.29, 0.717) is 6.61 Å². The van der Waals surface area contributed by atoms with Crippen molar-refractivity contribution in [2.24, 2.45) is 0 Å². The molecule has 0 heterocycles. The second kappa shape index (κ2) is 6.95. The zero-order valence-corrected chi connectivity index (χ0v) is 11.9. The van der Waals surface area contributed by atoms with Crippen LogP contribution in [0, 0.1) is 6.92 Å². The second-order valence-electron chi connectivity index (χ2n) is 4.65. The molecule has 0 aliphatic rings. The van der Waals surface area contributed by atoms with Gasteiger partial charge in [0.2, 0.25) is 0 Å². The van der Waals surface area contributed by atoms with Gasteiger partial charge in [-0.1, -0.05) is 11.6 Å². The predicted molar refractivity (Wildman–Crippen MR) is 77.6 cm³/mol. The molecule has 1 N–H and O–H groups in total. The molecule has 0 aliphatic heterocycles. The standard InChI is InChI=1S/C15H21NO3/c1-11-5-7-14(16(3)12(2)10-19-4)13(9-11)6-8-15(17)18/h5-9,12H,10H2,1-4H3,(H,17,18)/b8-6+. The molecular weight excluding hydrogens is 242 g/mol. The lowest BCUT2D eigenvalue weighted by Gasteiger charge is -2.28. The van der Waals surface area contributed by atoms with Gasteiger partial charge in [0.1, 0.15) is 0 Å². The van der Waals surface area contributed by atoms with E-state index in [2.05, 4.69) is 11.8 Å². The minimum absolute atomic E-state index is 0.213. The van der Waals surface area contributed by atoms with E-state index >= 15 is 0 Å². The molecule has 4 nitrogen and oxygen atoms in total. The van der Waals surface area contributed by atoms with Crippen LogP contribution in [-0.2, 0) is 9.53 Å². The van der Waals surface area contributed by atoms with Gasteiger partial charge in [0.15, 0.2) is 0 Å². The van der Waals surface area contributed by atoms with Crippen molar-refractivity contribution in [1.82, 2.24) is 0 Å². The first-order valence-corrected chi connectivity index (χ1v) is 6.19. The Hall–Kier alpha value is -1.81. The van der Waals surface area contributed by atoms with E-state index in [1.165, 1.54) is 0 Å². The molecule has 1 aromatic carbocycles. The number of rotatable bonds is 6. The van der Waals surface area contributed by atoms with Gasteiger partial charge in [0.25, 0.3) is 0 Å². The van der Waals surface area contributed by atoms with Crippen LogP contribution in [0.25, 0.3) is 6.08 Å². The molecule has 1 aromatic rings. The minimum atomic E-state index is -0.944. The van der Waals surface area contributed by atoms with Gasteiger partial charge in [-0.2, -0.15) is 0 Å². The molecule has 104 valence electrons. The van der Waals surface area contributed by atoms with E-state index in [-0.39, 0.29) is 6.04 Å². The van der Waals surface area contributed by atoms with Crippen LogP contribution >= 0.6 is 0 Å². The number of ether oxygens (including phenoxy) is 1. The number of carbonyl (C=O) groups is 1. The molecule has 0 aliphatic carbocycles. The monoisotopic (exact) mass is 263 g/mol. The summed E-state index contributed by atoms with van der Waals surface area (Å²) in [6.45, 7) is 4.67. The second-order valence-corrected chi connectivity index (χ2v) is 4.65. The summed E-state index contributed by atoms with van der Waals surface area (Å²) in [5, 5.41) is 8.75. The Morgan fingerprint density at radius 2 is 2.21 bits per heavy atom. The number of carboxylic acid groups (broad SMARTS) is 1. The first-order chi connectivity index (χ1) is 8.95. The number of aliphatic carboxylic acids is 1. The predicted octanol–water partition coefficient (Wildman–Crippen LogP) is 2.56. The zero-order valence-electron chi connectivity index (χ0n) is 11.9. The van der Waals surface area contributed by atoms with Gasteiger partial charge in [0, 0.05) is 32.0 Å². The average molecular weight is 263 g/mol. The first-order valence-electron chi connectivity index (χ1n) is 6.19. The fraction of sp³-hybridized carbons (Fsp3) is 0.400. The fourth-order valence-electron chi connectivity index (χ4n) is 1.88. The van der Waals surface area contributed by atoms with Crippen molar-refractivity contribution in [3.8, 4) is 0 Å². The summed E-state index contributed by atoms with van der Waals surface area (Å²) in [6.07, 6.45) is 2.79. The number of carboxylic acids is 1. The molecule has 1 unspecified atom stereocenters. The molecule has 19 heavy (non-hydrogen) atoms. The van der Waals surface area contributed by atoms with Crippen molar-refractivity contribution in [2.45, 2.75) is 19.9 Å². The third-order valence-corrected chi connectivity index (χ3v) is 3.04. The highest BCUT2D eigenvalue weighted by Gasteiger charge is 2.12. The molecule has 1 rings (SSSR count). The summed E-state index contributed by atoms with van der Waals surface area (Å²) in [5.41, 5.74) is 2.99. The number of aryl methyl sites for hydroxylation is 1. The van der Waals surface area contributed by atoms with Gasteiger partial charge in [-0.05, 0) is 37.6 Å². The van der Waals surface area contributed by atoms with Crippen LogP contribution < -0.4 is 4.90 Å². The number of likely N-dealkylation sites (N-methyl/N-ethyl adjacent to an activating group) is 1. The molecule has 0 saturated heterocycles. The van der Waals surface area contributed by atoms with Gasteiger partial charge in [-0.15, -0.1) is 0 Å². The van der Waals surface area contributed by atoms with Crippen molar-refractivity contribution in [3.05, 3.63) is 35.4 Å². The number of benzene rings is 1.